The number of aryl methyl sites for hydroxylation is 1. The number of benzene rings is 1. The molecule has 4 rings (SSSR count). The molecule has 0 spiro atoms. The Balaban J connectivity index is 0.000000431. The van der Waals surface area contributed by atoms with Crippen LogP contribution < -0.4 is 5.32 Å². The third-order valence-electron chi connectivity index (χ3n) is 7.98. The molecule has 0 amide bonds. The minimum absolute atomic E-state index is 0.487. The van der Waals surface area contributed by atoms with E-state index in [1.807, 2.05) is 6.92 Å². The topological polar surface area (TPSA) is 12.0 Å². The molecule has 29 heavy (non-hydrogen) atoms. The second kappa shape index (κ2) is 10.1. The van der Waals surface area contributed by atoms with Crippen LogP contribution in [0.5, 0.6) is 0 Å². The molecule has 0 bridgehead atoms. The van der Waals surface area contributed by atoms with E-state index >= 15 is 0 Å². The van der Waals surface area contributed by atoms with Crippen LogP contribution in [0.3, 0.4) is 0 Å². The maximum absolute atomic E-state index is 3.57. The summed E-state index contributed by atoms with van der Waals surface area (Å²) in [4.78, 5) is 0. The van der Waals surface area contributed by atoms with E-state index in [0.717, 1.165) is 30.8 Å². The second-order valence-electron chi connectivity index (χ2n) is 9.91. The lowest BCUT2D eigenvalue weighted by atomic mass is 9.55. The molecule has 0 aliphatic heterocycles. The van der Waals surface area contributed by atoms with Gasteiger partial charge in [-0.15, -0.1) is 0 Å². The van der Waals surface area contributed by atoms with Gasteiger partial charge in [0, 0.05) is 6.54 Å². The Morgan fingerprint density at radius 2 is 1.90 bits per heavy atom. The molecule has 0 heterocycles. The minimum atomic E-state index is 0.487. The van der Waals surface area contributed by atoms with Gasteiger partial charge in [0.05, 0.1) is 0 Å². The van der Waals surface area contributed by atoms with Crippen LogP contribution in [0.1, 0.15) is 90.2 Å². The number of allylic oxidation sites excluding steroid dienone is 3. The van der Waals surface area contributed by atoms with Crippen molar-refractivity contribution in [1.29, 1.82) is 0 Å². The Morgan fingerprint density at radius 3 is 2.62 bits per heavy atom. The predicted molar refractivity (Wildman–Crippen MR) is 127 cm³/mol. The zero-order valence-corrected chi connectivity index (χ0v) is 19.6. The maximum atomic E-state index is 3.57. The minimum Gasteiger partial charge on any atom is -0.313 e. The van der Waals surface area contributed by atoms with Crippen LogP contribution in [0.2, 0.25) is 0 Å². The van der Waals surface area contributed by atoms with E-state index in [2.05, 4.69) is 69.4 Å². The summed E-state index contributed by atoms with van der Waals surface area (Å²) in [6.45, 7) is 13.3. The molecular formula is C28H43N. The molecule has 1 aromatic rings. The Kier molecular flexibility index (Phi) is 7.79. The molecule has 2 saturated carbocycles. The maximum Gasteiger partial charge on any atom is 0.0137 e. The molecule has 1 nitrogen and oxygen atoms in total. The quantitative estimate of drug-likeness (QED) is 0.414. The van der Waals surface area contributed by atoms with E-state index in [4.69, 9.17) is 0 Å². The fourth-order valence-electron chi connectivity index (χ4n) is 6.18. The summed E-state index contributed by atoms with van der Waals surface area (Å²) in [5.74, 6) is 2.68. The van der Waals surface area contributed by atoms with Gasteiger partial charge in [-0.1, -0.05) is 61.4 Å². The molecule has 3 aliphatic rings. The van der Waals surface area contributed by atoms with Crippen molar-refractivity contribution >= 4 is 0 Å². The third kappa shape index (κ3) is 4.88. The van der Waals surface area contributed by atoms with Crippen molar-refractivity contribution in [3.8, 4) is 0 Å². The van der Waals surface area contributed by atoms with Crippen LogP contribution in [-0.4, -0.2) is 13.1 Å². The lowest BCUT2D eigenvalue weighted by Gasteiger charge is -2.49. The molecule has 1 aromatic carbocycles. The first-order chi connectivity index (χ1) is 14.0. The number of nitrogens with one attached hydrogen (secondary N) is 1. The zero-order chi connectivity index (χ0) is 20.9. The van der Waals surface area contributed by atoms with Crippen LogP contribution in [0.15, 0.2) is 47.6 Å². The average molecular weight is 394 g/mol. The summed E-state index contributed by atoms with van der Waals surface area (Å²) >= 11 is 0. The van der Waals surface area contributed by atoms with E-state index in [-0.39, 0.29) is 0 Å². The Bertz CT molecular complexity index is 724. The fraction of sp³-hybridized carbons (Fsp3) is 0.643. The van der Waals surface area contributed by atoms with Gasteiger partial charge in [0.2, 0.25) is 0 Å². The summed E-state index contributed by atoms with van der Waals surface area (Å²) in [7, 11) is 0. The fourth-order valence-corrected chi connectivity index (χ4v) is 6.18. The van der Waals surface area contributed by atoms with Crippen molar-refractivity contribution in [3.05, 3.63) is 58.7 Å². The SMILES string of the molecule is CC=C(C)C.CCCNC/C=C1\CCC2C3CCc4ccccc4C3CCC12C. The van der Waals surface area contributed by atoms with Crippen molar-refractivity contribution in [3.63, 3.8) is 0 Å². The van der Waals surface area contributed by atoms with Crippen LogP contribution in [0.25, 0.3) is 0 Å². The van der Waals surface area contributed by atoms with Crippen LogP contribution in [0, 0.1) is 17.3 Å². The van der Waals surface area contributed by atoms with Crippen LogP contribution in [-0.2, 0) is 6.42 Å². The van der Waals surface area contributed by atoms with Gasteiger partial charge in [0.1, 0.15) is 0 Å². The molecule has 4 unspecified atom stereocenters. The summed E-state index contributed by atoms with van der Waals surface area (Å²) in [5.41, 5.74) is 6.97. The average Bonchev–Trinajstić information content (AvgIpc) is 3.08. The summed E-state index contributed by atoms with van der Waals surface area (Å²) in [6.07, 6.45) is 14.2. The third-order valence-corrected chi connectivity index (χ3v) is 7.98. The Labute approximate surface area is 180 Å². The van der Waals surface area contributed by atoms with Gasteiger partial charge in [-0.3, -0.25) is 0 Å². The number of rotatable bonds is 4. The Morgan fingerprint density at radius 1 is 1.14 bits per heavy atom. The van der Waals surface area contributed by atoms with Crippen molar-refractivity contribution in [2.24, 2.45) is 17.3 Å². The van der Waals surface area contributed by atoms with Crippen LogP contribution in [0.4, 0.5) is 0 Å². The summed E-state index contributed by atoms with van der Waals surface area (Å²) < 4.78 is 0. The lowest BCUT2D eigenvalue weighted by Crippen LogP contribution is -2.40. The first-order valence-electron chi connectivity index (χ1n) is 12.1. The van der Waals surface area contributed by atoms with Gasteiger partial charge in [-0.2, -0.15) is 0 Å². The molecule has 0 saturated heterocycles. The highest BCUT2D eigenvalue weighted by Gasteiger charge is 2.52. The molecule has 0 radical (unpaired) electrons. The summed E-state index contributed by atoms with van der Waals surface area (Å²) in [5, 5.41) is 3.57. The smallest absolute Gasteiger partial charge is 0.0137 e. The summed E-state index contributed by atoms with van der Waals surface area (Å²) in [6, 6.07) is 9.29. The number of hydrogen-bond acceptors (Lipinski definition) is 1. The zero-order valence-electron chi connectivity index (χ0n) is 19.6. The largest absolute Gasteiger partial charge is 0.313 e. The first kappa shape index (κ1) is 22.3. The molecule has 1 N–H and O–H groups in total. The second-order valence-corrected chi connectivity index (χ2v) is 9.91. The van der Waals surface area contributed by atoms with E-state index in [9.17, 15) is 0 Å². The molecule has 4 atom stereocenters. The molecule has 0 aromatic heterocycles. The van der Waals surface area contributed by atoms with Crippen molar-refractivity contribution < 1.29 is 0 Å². The number of fused-ring (bicyclic) bond motifs is 5. The standard InChI is InChI=1S/C23H33N.C5H10/c1-3-15-24-16-13-18-9-11-22-21-10-8-17-6-4-5-7-19(17)20(21)12-14-23(18,22)2;1-4-5(2)3/h4-7,13,20-22,24H,3,8-12,14-16H2,1-2H3;4H,1-3H3/b18-13+;. The van der Waals surface area contributed by atoms with E-state index < -0.39 is 0 Å². The van der Waals surface area contributed by atoms with E-state index in [1.54, 1.807) is 16.7 Å². The molecule has 3 aliphatic carbocycles. The Hall–Kier alpha value is -1.34. The van der Waals surface area contributed by atoms with Crippen molar-refractivity contribution in [2.45, 2.75) is 85.5 Å². The van der Waals surface area contributed by atoms with Gasteiger partial charge in [-0.05, 0) is 107 Å². The number of hydrogen-bond donors (Lipinski definition) is 1. The highest BCUT2D eigenvalue weighted by molar-refractivity contribution is 5.36. The van der Waals surface area contributed by atoms with E-state index in [0.29, 0.717) is 5.41 Å². The van der Waals surface area contributed by atoms with Crippen molar-refractivity contribution in [1.82, 2.24) is 5.32 Å². The predicted octanol–water partition coefficient (Wildman–Crippen LogP) is 7.44. The highest BCUT2D eigenvalue weighted by Crippen LogP contribution is 2.62. The normalized spacial score (nSPS) is 31.2. The molecule has 1 heteroatoms. The molecular weight excluding hydrogens is 350 g/mol. The highest BCUT2D eigenvalue weighted by atomic mass is 14.8. The van der Waals surface area contributed by atoms with Crippen LogP contribution >= 0.6 is 0 Å². The molecule has 2 fully saturated rings. The van der Waals surface area contributed by atoms with Gasteiger partial charge in [-0.25, -0.2) is 0 Å². The monoisotopic (exact) mass is 393 g/mol. The molecule has 160 valence electrons. The van der Waals surface area contributed by atoms with Gasteiger partial charge >= 0.3 is 0 Å². The van der Waals surface area contributed by atoms with Gasteiger partial charge in [0.15, 0.2) is 0 Å². The van der Waals surface area contributed by atoms with Crippen molar-refractivity contribution in [2.75, 3.05) is 13.1 Å². The first-order valence-corrected chi connectivity index (χ1v) is 12.1. The lowest BCUT2D eigenvalue weighted by molar-refractivity contribution is 0.0813. The van der Waals surface area contributed by atoms with Gasteiger partial charge in [0.25, 0.3) is 0 Å². The van der Waals surface area contributed by atoms with E-state index in [1.165, 1.54) is 50.5 Å². The van der Waals surface area contributed by atoms with Gasteiger partial charge < -0.3 is 5.32 Å².